The number of rotatable bonds is 5. The topological polar surface area (TPSA) is 83.8 Å². The maximum Gasteiger partial charge on any atom is 0.331 e. The Bertz CT molecular complexity index is 408. The lowest BCUT2D eigenvalue weighted by Gasteiger charge is -2.34. The molecule has 0 radical (unpaired) electrons. The number of hydrogen-bond acceptors (Lipinski definition) is 3. The second-order valence-electron chi connectivity index (χ2n) is 4.81. The zero-order chi connectivity index (χ0) is 13.9. The quantitative estimate of drug-likeness (QED) is 0.780. The van der Waals surface area contributed by atoms with Gasteiger partial charge in [0, 0.05) is 11.5 Å². The Balaban J connectivity index is 3.06. The fourth-order valence-electron chi connectivity index (χ4n) is 1.90. The third-order valence-corrected chi connectivity index (χ3v) is 3.12. The Hall–Kier alpha value is -1.62. The highest BCUT2D eigenvalue weighted by molar-refractivity contribution is 5.91. The lowest BCUT2D eigenvalue weighted by molar-refractivity contribution is -0.149. The molecular formula is C13H18O5. The lowest BCUT2D eigenvalue weighted by Crippen LogP contribution is -2.41. The highest BCUT2D eigenvalue weighted by Crippen LogP contribution is 2.38. The van der Waals surface area contributed by atoms with Crippen LogP contribution in [0.5, 0.6) is 0 Å². The van der Waals surface area contributed by atoms with Crippen LogP contribution in [0.1, 0.15) is 20.8 Å². The van der Waals surface area contributed by atoms with E-state index >= 15 is 0 Å². The van der Waals surface area contributed by atoms with Gasteiger partial charge >= 0.3 is 11.9 Å². The van der Waals surface area contributed by atoms with Crippen molar-refractivity contribution in [2.45, 2.75) is 26.9 Å². The molecule has 0 aromatic heterocycles. The van der Waals surface area contributed by atoms with E-state index in [9.17, 15) is 14.7 Å². The number of aliphatic carboxylic acids is 2. The minimum Gasteiger partial charge on any atom is -0.481 e. The summed E-state index contributed by atoms with van der Waals surface area (Å²) in [6, 6.07) is 0. The fourth-order valence-corrected chi connectivity index (χ4v) is 1.90. The van der Waals surface area contributed by atoms with Gasteiger partial charge in [0.25, 0.3) is 0 Å². The van der Waals surface area contributed by atoms with Crippen LogP contribution in [0.2, 0.25) is 0 Å². The molecule has 0 aromatic carbocycles. The molecule has 0 saturated carbocycles. The second-order valence-corrected chi connectivity index (χ2v) is 4.81. The van der Waals surface area contributed by atoms with Gasteiger partial charge in [-0.2, -0.15) is 0 Å². The summed E-state index contributed by atoms with van der Waals surface area (Å²) in [4.78, 5) is 22.5. The van der Waals surface area contributed by atoms with Crippen LogP contribution in [-0.2, 0) is 14.3 Å². The Morgan fingerprint density at radius 2 is 2.06 bits per heavy atom. The van der Waals surface area contributed by atoms with Crippen molar-refractivity contribution in [3.63, 3.8) is 0 Å². The normalized spacial score (nSPS) is 27.1. The molecule has 0 aromatic rings. The van der Waals surface area contributed by atoms with Crippen molar-refractivity contribution in [2.75, 3.05) is 6.61 Å². The first kappa shape index (κ1) is 14.4. The lowest BCUT2D eigenvalue weighted by atomic mass is 9.70. The van der Waals surface area contributed by atoms with Crippen molar-refractivity contribution in [1.82, 2.24) is 0 Å². The Morgan fingerprint density at radius 3 is 2.50 bits per heavy atom. The summed E-state index contributed by atoms with van der Waals surface area (Å²) >= 11 is 0. The van der Waals surface area contributed by atoms with E-state index in [1.807, 2.05) is 13.8 Å². The molecule has 1 rings (SSSR count). The largest absolute Gasteiger partial charge is 0.481 e. The summed E-state index contributed by atoms with van der Waals surface area (Å²) in [5.41, 5.74) is -1.18. The van der Waals surface area contributed by atoms with Crippen LogP contribution in [-0.4, -0.2) is 34.9 Å². The van der Waals surface area contributed by atoms with Gasteiger partial charge in [0.2, 0.25) is 0 Å². The number of carboxylic acid groups (broad SMARTS) is 2. The fraction of sp³-hybridized carbons (Fsp3) is 0.538. The molecular weight excluding hydrogens is 236 g/mol. The minimum atomic E-state index is -1.25. The number of hydrogen-bond donors (Lipinski definition) is 2. The van der Waals surface area contributed by atoms with Crippen LogP contribution in [0, 0.1) is 11.3 Å². The van der Waals surface area contributed by atoms with Crippen LogP contribution in [0.25, 0.3) is 0 Å². The molecule has 1 aliphatic rings. The third-order valence-electron chi connectivity index (χ3n) is 3.12. The minimum absolute atomic E-state index is 0.0723. The number of ether oxygens (including phenoxy) is 1. The van der Waals surface area contributed by atoms with E-state index in [1.54, 1.807) is 0 Å². The van der Waals surface area contributed by atoms with Crippen LogP contribution in [0.4, 0.5) is 0 Å². The van der Waals surface area contributed by atoms with E-state index in [1.165, 1.54) is 25.2 Å². The standard InChI is InChI=1S/C13H18O5/c1-8(2)18-7-10-9(11(14)15)5-4-6-13(10,3)12(16)17/h4-6,8,10H,7H2,1-3H3,(H,14,15)(H,16,17). The number of carbonyl (C=O) groups is 2. The smallest absolute Gasteiger partial charge is 0.331 e. The molecule has 18 heavy (non-hydrogen) atoms. The zero-order valence-electron chi connectivity index (χ0n) is 10.7. The summed E-state index contributed by atoms with van der Waals surface area (Å²) in [6.45, 7) is 5.22. The summed E-state index contributed by atoms with van der Waals surface area (Å²) in [6.07, 6.45) is 4.34. The Kier molecular flexibility index (Phi) is 4.29. The third kappa shape index (κ3) is 2.79. The first-order chi connectivity index (χ1) is 8.29. The summed E-state index contributed by atoms with van der Waals surface area (Å²) in [5, 5.41) is 18.4. The van der Waals surface area contributed by atoms with Gasteiger partial charge in [-0.25, -0.2) is 4.79 Å². The Labute approximate surface area is 106 Å². The highest BCUT2D eigenvalue weighted by atomic mass is 16.5. The molecule has 0 spiro atoms. The molecule has 0 saturated heterocycles. The van der Waals surface area contributed by atoms with Crippen LogP contribution in [0.15, 0.2) is 23.8 Å². The molecule has 0 bridgehead atoms. The molecule has 2 N–H and O–H groups in total. The molecule has 1 aliphatic carbocycles. The maximum atomic E-state index is 11.4. The predicted molar refractivity (Wildman–Crippen MR) is 65.2 cm³/mol. The maximum absolute atomic E-state index is 11.4. The van der Waals surface area contributed by atoms with Gasteiger partial charge in [-0.05, 0) is 20.8 Å². The molecule has 0 fully saturated rings. The SMILES string of the molecule is CC(C)OCC1C(C(=O)O)=CC=CC1(C)C(=O)O. The zero-order valence-corrected chi connectivity index (χ0v) is 10.7. The number of allylic oxidation sites excluding steroid dienone is 2. The van der Waals surface area contributed by atoms with Gasteiger partial charge in [0.15, 0.2) is 0 Å². The molecule has 0 aliphatic heterocycles. The van der Waals surface area contributed by atoms with E-state index in [0.717, 1.165) is 0 Å². The molecule has 0 amide bonds. The van der Waals surface area contributed by atoms with E-state index in [-0.39, 0.29) is 18.3 Å². The summed E-state index contributed by atoms with van der Waals surface area (Å²) in [7, 11) is 0. The average Bonchev–Trinajstić information content (AvgIpc) is 2.26. The second kappa shape index (κ2) is 5.35. The highest BCUT2D eigenvalue weighted by Gasteiger charge is 2.44. The van der Waals surface area contributed by atoms with Crippen molar-refractivity contribution >= 4 is 11.9 Å². The van der Waals surface area contributed by atoms with Crippen LogP contribution >= 0.6 is 0 Å². The van der Waals surface area contributed by atoms with E-state index in [4.69, 9.17) is 9.84 Å². The van der Waals surface area contributed by atoms with Crippen LogP contribution < -0.4 is 0 Å². The molecule has 5 nitrogen and oxygen atoms in total. The molecule has 100 valence electrons. The first-order valence-corrected chi connectivity index (χ1v) is 5.76. The molecule has 2 atom stereocenters. The van der Waals surface area contributed by atoms with Crippen LogP contribution in [0.3, 0.4) is 0 Å². The van der Waals surface area contributed by atoms with Crippen molar-refractivity contribution in [2.24, 2.45) is 11.3 Å². The molecule has 0 heterocycles. The summed E-state index contributed by atoms with van der Waals surface area (Å²) in [5.74, 6) is -2.85. The number of carboxylic acids is 2. The predicted octanol–water partition coefficient (Wildman–Crippen LogP) is 1.70. The molecule has 2 unspecified atom stereocenters. The summed E-state index contributed by atoms with van der Waals surface area (Å²) < 4.78 is 5.41. The van der Waals surface area contributed by atoms with Gasteiger partial charge < -0.3 is 14.9 Å². The van der Waals surface area contributed by atoms with Crippen molar-refractivity contribution in [1.29, 1.82) is 0 Å². The van der Waals surface area contributed by atoms with Crippen molar-refractivity contribution < 1.29 is 24.5 Å². The van der Waals surface area contributed by atoms with Crippen molar-refractivity contribution in [3.8, 4) is 0 Å². The van der Waals surface area contributed by atoms with E-state index < -0.39 is 23.3 Å². The van der Waals surface area contributed by atoms with Gasteiger partial charge in [0.1, 0.15) is 0 Å². The van der Waals surface area contributed by atoms with Gasteiger partial charge in [-0.1, -0.05) is 18.2 Å². The van der Waals surface area contributed by atoms with E-state index in [2.05, 4.69) is 0 Å². The molecule has 5 heteroatoms. The van der Waals surface area contributed by atoms with Gasteiger partial charge in [-0.15, -0.1) is 0 Å². The average molecular weight is 254 g/mol. The monoisotopic (exact) mass is 254 g/mol. The van der Waals surface area contributed by atoms with Gasteiger partial charge in [0.05, 0.1) is 18.1 Å². The van der Waals surface area contributed by atoms with Crippen molar-refractivity contribution in [3.05, 3.63) is 23.8 Å². The van der Waals surface area contributed by atoms with Gasteiger partial charge in [-0.3, -0.25) is 4.79 Å². The first-order valence-electron chi connectivity index (χ1n) is 5.76. The Morgan fingerprint density at radius 1 is 1.44 bits per heavy atom. The van der Waals surface area contributed by atoms with E-state index in [0.29, 0.717) is 0 Å².